The molecule has 148 valence electrons. The van der Waals surface area contributed by atoms with Crippen LogP contribution in [0.2, 0.25) is 25.7 Å². The van der Waals surface area contributed by atoms with Crippen LogP contribution < -0.4 is 0 Å². The van der Waals surface area contributed by atoms with E-state index in [0.29, 0.717) is 6.73 Å². The smallest absolute Gasteiger partial charge is 0.145 e. The molecule has 3 aromatic heterocycles. The van der Waals surface area contributed by atoms with Crippen molar-refractivity contribution in [1.29, 1.82) is 5.26 Å². The van der Waals surface area contributed by atoms with E-state index < -0.39 is 8.07 Å². The monoisotopic (exact) mass is 413 g/mol. The van der Waals surface area contributed by atoms with Gasteiger partial charge in [-0.2, -0.15) is 5.26 Å². The van der Waals surface area contributed by atoms with E-state index in [2.05, 4.69) is 47.6 Å². The Hall–Kier alpha value is -2.08. The van der Waals surface area contributed by atoms with Gasteiger partial charge >= 0.3 is 0 Å². The first-order chi connectivity index (χ1) is 13.4. The van der Waals surface area contributed by atoms with Crippen molar-refractivity contribution in [3.05, 3.63) is 29.8 Å². The molecule has 28 heavy (non-hydrogen) atoms. The van der Waals surface area contributed by atoms with Crippen molar-refractivity contribution in [3.63, 3.8) is 0 Å². The lowest BCUT2D eigenvalue weighted by molar-refractivity contribution is 0.0899. The summed E-state index contributed by atoms with van der Waals surface area (Å²) >= 11 is 1.55. The highest BCUT2D eigenvalue weighted by molar-refractivity contribution is 7.15. The summed E-state index contributed by atoms with van der Waals surface area (Å²) in [5.74, 6) is -0.148. The van der Waals surface area contributed by atoms with Gasteiger partial charge < -0.3 is 9.30 Å². The van der Waals surface area contributed by atoms with Crippen molar-refractivity contribution >= 4 is 30.4 Å². The molecular formula is C20H27N5OSSi. The number of nitriles is 1. The Morgan fingerprint density at radius 3 is 2.82 bits per heavy atom. The van der Waals surface area contributed by atoms with Crippen LogP contribution in [0, 0.1) is 11.3 Å². The van der Waals surface area contributed by atoms with E-state index in [0.717, 1.165) is 52.1 Å². The zero-order valence-electron chi connectivity index (χ0n) is 17.0. The molecule has 0 fully saturated rings. The van der Waals surface area contributed by atoms with Crippen LogP contribution in [0.4, 0.5) is 0 Å². The van der Waals surface area contributed by atoms with Gasteiger partial charge in [-0.25, -0.2) is 15.0 Å². The normalized spacial score (nSPS) is 13.0. The Bertz CT molecular complexity index is 969. The van der Waals surface area contributed by atoms with Gasteiger partial charge in [-0.3, -0.25) is 0 Å². The number of fused-ring (bicyclic) bond motifs is 1. The predicted octanol–water partition coefficient (Wildman–Crippen LogP) is 5.27. The summed E-state index contributed by atoms with van der Waals surface area (Å²) in [6.07, 6.45) is 7.20. The first-order valence-corrected chi connectivity index (χ1v) is 14.2. The molecule has 0 aliphatic rings. The Balaban J connectivity index is 1.80. The summed E-state index contributed by atoms with van der Waals surface area (Å²) in [7, 11) is -1.09. The molecule has 0 saturated heterocycles. The number of rotatable bonds is 9. The van der Waals surface area contributed by atoms with E-state index in [4.69, 9.17) is 4.74 Å². The largest absolute Gasteiger partial charge is 0.361 e. The first kappa shape index (κ1) is 20.6. The van der Waals surface area contributed by atoms with Crippen LogP contribution in [0.25, 0.3) is 21.6 Å². The summed E-state index contributed by atoms with van der Waals surface area (Å²) in [5.41, 5.74) is 1.72. The predicted molar refractivity (Wildman–Crippen MR) is 116 cm³/mol. The van der Waals surface area contributed by atoms with E-state index in [1.165, 1.54) is 0 Å². The van der Waals surface area contributed by atoms with Gasteiger partial charge in [0.1, 0.15) is 23.7 Å². The fourth-order valence-corrected chi connectivity index (χ4v) is 4.70. The van der Waals surface area contributed by atoms with E-state index in [1.54, 1.807) is 17.7 Å². The molecule has 0 aromatic carbocycles. The van der Waals surface area contributed by atoms with Gasteiger partial charge in [-0.15, -0.1) is 11.3 Å². The number of hydrogen-bond acceptors (Lipinski definition) is 6. The zero-order valence-corrected chi connectivity index (χ0v) is 18.8. The van der Waals surface area contributed by atoms with Crippen LogP contribution >= 0.6 is 11.3 Å². The summed E-state index contributed by atoms with van der Waals surface area (Å²) in [6.45, 7) is 10.4. The molecule has 3 rings (SSSR count). The third-order valence-corrected chi connectivity index (χ3v) is 7.39. The van der Waals surface area contributed by atoms with Gasteiger partial charge in [0.25, 0.3) is 0 Å². The molecule has 0 radical (unpaired) electrons. The fraction of sp³-hybridized carbons (Fsp3) is 0.500. The summed E-state index contributed by atoms with van der Waals surface area (Å²) in [5, 5.41) is 11.2. The van der Waals surface area contributed by atoms with Crippen molar-refractivity contribution in [2.75, 3.05) is 6.61 Å². The molecule has 0 spiro atoms. The molecule has 0 bridgehead atoms. The van der Waals surface area contributed by atoms with Gasteiger partial charge in [0.2, 0.25) is 0 Å². The minimum atomic E-state index is -1.09. The molecule has 0 aliphatic carbocycles. The first-order valence-electron chi connectivity index (χ1n) is 9.66. The maximum Gasteiger partial charge on any atom is 0.145 e. The van der Waals surface area contributed by atoms with Gasteiger partial charge in [0.05, 0.1) is 22.6 Å². The topological polar surface area (TPSA) is 76.6 Å². The number of thiazole rings is 1. The second kappa shape index (κ2) is 8.95. The van der Waals surface area contributed by atoms with Crippen molar-refractivity contribution in [2.45, 2.75) is 58.1 Å². The number of nitrogens with zero attached hydrogens (tertiary/aromatic N) is 5. The summed E-state index contributed by atoms with van der Waals surface area (Å²) < 4.78 is 7.89. The fourth-order valence-electron chi connectivity index (χ4n) is 2.94. The maximum absolute atomic E-state index is 9.39. The molecule has 0 saturated carbocycles. The van der Waals surface area contributed by atoms with Gasteiger partial charge in [0, 0.05) is 32.5 Å². The Kier molecular flexibility index (Phi) is 6.60. The highest BCUT2D eigenvalue weighted by atomic mass is 32.1. The highest BCUT2D eigenvalue weighted by Crippen LogP contribution is 2.34. The van der Waals surface area contributed by atoms with Crippen LogP contribution in [-0.4, -0.2) is 34.2 Å². The van der Waals surface area contributed by atoms with E-state index in [-0.39, 0.29) is 5.92 Å². The molecule has 8 heteroatoms. The molecule has 1 unspecified atom stereocenters. The van der Waals surface area contributed by atoms with Gasteiger partial charge in [-0.05, 0) is 18.5 Å². The lowest BCUT2D eigenvalue weighted by atomic mass is 10.1. The van der Waals surface area contributed by atoms with Crippen molar-refractivity contribution in [3.8, 4) is 16.6 Å². The quantitative estimate of drug-likeness (QED) is 0.352. The van der Waals surface area contributed by atoms with E-state index >= 15 is 0 Å². The molecule has 0 amide bonds. The standard InChI is InChI=1S/C20H27N5OSSi/c1-5-6-15(11-21)20-22-12-17(27-20)18-16-7-8-25(19(16)24-13-23-18)14-26-9-10-28(2,3)4/h7-8,12-13,15H,5-6,9-10,14H2,1-4H3. The zero-order chi connectivity index (χ0) is 20.1. The SMILES string of the molecule is CCCC(C#N)c1ncc(-c2ncnc3c2ccn3COCC[Si](C)(C)C)s1. The molecule has 1 atom stereocenters. The summed E-state index contributed by atoms with van der Waals surface area (Å²) in [4.78, 5) is 14.4. The Morgan fingerprint density at radius 2 is 2.11 bits per heavy atom. The molecule has 0 aliphatic heterocycles. The third kappa shape index (κ3) is 4.84. The third-order valence-electron chi connectivity index (χ3n) is 4.57. The maximum atomic E-state index is 9.39. The van der Waals surface area contributed by atoms with Crippen LogP contribution in [0.15, 0.2) is 24.8 Å². The average Bonchev–Trinajstić information content (AvgIpc) is 3.30. The van der Waals surface area contributed by atoms with Crippen LogP contribution in [0.3, 0.4) is 0 Å². The molecule has 0 N–H and O–H groups in total. The van der Waals surface area contributed by atoms with Gasteiger partial charge in [-0.1, -0.05) is 33.0 Å². The molecular weight excluding hydrogens is 386 g/mol. The average molecular weight is 414 g/mol. The Labute approximate surface area is 171 Å². The molecule has 6 nitrogen and oxygen atoms in total. The number of ether oxygens (including phenoxy) is 1. The van der Waals surface area contributed by atoms with Crippen molar-refractivity contribution in [2.24, 2.45) is 0 Å². The second-order valence-corrected chi connectivity index (χ2v) is 14.8. The van der Waals surface area contributed by atoms with Crippen LogP contribution in [0.5, 0.6) is 0 Å². The van der Waals surface area contributed by atoms with Crippen molar-refractivity contribution in [1.82, 2.24) is 19.5 Å². The van der Waals surface area contributed by atoms with Crippen LogP contribution in [0.1, 0.15) is 30.7 Å². The number of aromatic nitrogens is 4. The lowest BCUT2D eigenvalue weighted by Gasteiger charge is -2.15. The molecule has 3 heterocycles. The highest BCUT2D eigenvalue weighted by Gasteiger charge is 2.18. The summed E-state index contributed by atoms with van der Waals surface area (Å²) in [6, 6.07) is 5.54. The van der Waals surface area contributed by atoms with E-state index in [1.807, 2.05) is 23.0 Å². The minimum Gasteiger partial charge on any atom is -0.361 e. The number of hydrogen-bond donors (Lipinski definition) is 0. The van der Waals surface area contributed by atoms with Crippen molar-refractivity contribution < 1.29 is 4.74 Å². The minimum absolute atomic E-state index is 0.148. The molecule has 3 aromatic rings. The van der Waals surface area contributed by atoms with Gasteiger partial charge in [0.15, 0.2) is 0 Å². The lowest BCUT2D eigenvalue weighted by Crippen LogP contribution is -2.22. The van der Waals surface area contributed by atoms with Crippen LogP contribution in [-0.2, 0) is 11.5 Å². The second-order valence-electron chi connectivity index (χ2n) is 8.13. The Morgan fingerprint density at radius 1 is 1.29 bits per heavy atom. The van der Waals surface area contributed by atoms with E-state index in [9.17, 15) is 5.26 Å².